The zero-order valence-electron chi connectivity index (χ0n) is 25.4. The van der Waals surface area contributed by atoms with Crippen molar-refractivity contribution in [3.05, 3.63) is 129 Å². The van der Waals surface area contributed by atoms with Crippen LogP contribution in [0.15, 0.2) is 84.9 Å². The lowest BCUT2D eigenvalue weighted by Crippen LogP contribution is -2.36. The third kappa shape index (κ3) is 5.84. The van der Waals surface area contributed by atoms with Crippen LogP contribution < -0.4 is 9.47 Å². The molecule has 0 amide bonds. The van der Waals surface area contributed by atoms with E-state index in [2.05, 4.69) is 113 Å². The van der Waals surface area contributed by atoms with E-state index in [9.17, 15) is 10.2 Å². The monoisotopic (exact) mass is 564 g/mol. The molecule has 42 heavy (non-hydrogen) atoms. The zero-order chi connectivity index (χ0) is 29.7. The van der Waals surface area contributed by atoms with Crippen molar-refractivity contribution in [2.45, 2.75) is 52.4 Å². The third-order valence-electron chi connectivity index (χ3n) is 8.16. The average molecular weight is 565 g/mol. The lowest BCUT2D eigenvalue weighted by Gasteiger charge is -2.43. The maximum Gasteiger partial charge on any atom is 0.122 e. The molecule has 1 aliphatic carbocycles. The van der Waals surface area contributed by atoms with Gasteiger partial charge in [0, 0.05) is 0 Å². The Morgan fingerprint density at radius 3 is 1.45 bits per heavy atom. The fourth-order valence-corrected chi connectivity index (χ4v) is 6.64. The van der Waals surface area contributed by atoms with Gasteiger partial charge in [-0.2, -0.15) is 0 Å². The van der Waals surface area contributed by atoms with Crippen molar-refractivity contribution in [3.8, 4) is 11.5 Å². The molecule has 4 nitrogen and oxygen atoms in total. The molecule has 4 aromatic rings. The molecule has 0 fully saturated rings. The standard InChI is InChI=1S/C38H44O4/c1-26(2)21-30-24-32(13-15-36(30)41-19-17-39)38(33-14-16-37(42-20-18-40)31(25-33)22-27(3)4)34-11-7-5-9-28(34)23-29-10-6-8-12-35(29)38/h5-16,24-27,39-40H,17-23H2,1-4H3. The van der Waals surface area contributed by atoms with Gasteiger partial charge >= 0.3 is 0 Å². The largest absolute Gasteiger partial charge is 0.491 e. The lowest BCUT2D eigenvalue weighted by atomic mass is 9.59. The van der Waals surface area contributed by atoms with Crippen LogP contribution in [0.5, 0.6) is 11.5 Å². The van der Waals surface area contributed by atoms with E-state index >= 15 is 0 Å². The van der Waals surface area contributed by atoms with E-state index in [1.807, 2.05) is 0 Å². The van der Waals surface area contributed by atoms with E-state index < -0.39 is 5.41 Å². The van der Waals surface area contributed by atoms with Gasteiger partial charge in [-0.1, -0.05) is 100 Å². The van der Waals surface area contributed by atoms with Crippen molar-refractivity contribution in [2.75, 3.05) is 26.4 Å². The molecule has 5 rings (SSSR count). The number of rotatable bonds is 12. The van der Waals surface area contributed by atoms with Gasteiger partial charge in [0.1, 0.15) is 24.7 Å². The van der Waals surface area contributed by atoms with E-state index in [1.54, 1.807) is 0 Å². The molecule has 0 saturated heterocycles. The summed E-state index contributed by atoms with van der Waals surface area (Å²) >= 11 is 0. The normalized spacial score (nSPS) is 13.6. The van der Waals surface area contributed by atoms with Crippen molar-refractivity contribution < 1.29 is 19.7 Å². The minimum absolute atomic E-state index is 0.0170. The van der Waals surface area contributed by atoms with Crippen LogP contribution in [0, 0.1) is 11.8 Å². The Labute approximate surface area is 251 Å². The quantitative estimate of drug-likeness (QED) is 0.170. The SMILES string of the molecule is CC(C)Cc1cc(C2(c3ccc(OCCO)c(CC(C)C)c3)c3ccccc3Cc3ccccc32)ccc1OCCO. The molecule has 0 bridgehead atoms. The Morgan fingerprint density at radius 2 is 1.05 bits per heavy atom. The summed E-state index contributed by atoms with van der Waals surface area (Å²) < 4.78 is 12.1. The van der Waals surface area contributed by atoms with Crippen LogP contribution >= 0.6 is 0 Å². The van der Waals surface area contributed by atoms with E-state index in [1.165, 1.54) is 33.4 Å². The summed E-state index contributed by atoms with van der Waals surface area (Å²) in [5.41, 5.74) is 9.41. The third-order valence-corrected chi connectivity index (χ3v) is 8.16. The average Bonchev–Trinajstić information content (AvgIpc) is 2.98. The number of benzene rings is 4. The predicted octanol–water partition coefficient (Wildman–Crippen LogP) is 7.11. The van der Waals surface area contributed by atoms with Crippen LogP contribution in [0.2, 0.25) is 0 Å². The predicted molar refractivity (Wildman–Crippen MR) is 170 cm³/mol. The topological polar surface area (TPSA) is 58.9 Å². The number of fused-ring (bicyclic) bond motifs is 2. The number of hydrogen-bond acceptors (Lipinski definition) is 4. The molecule has 220 valence electrons. The van der Waals surface area contributed by atoms with Gasteiger partial charge in [-0.3, -0.25) is 0 Å². The first kappa shape index (κ1) is 29.9. The van der Waals surface area contributed by atoms with E-state index in [4.69, 9.17) is 9.47 Å². The minimum atomic E-state index is -0.548. The molecule has 0 radical (unpaired) electrons. The van der Waals surface area contributed by atoms with Crippen molar-refractivity contribution in [3.63, 3.8) is 0 Å². The Bertz CT molecular complexity index is 1390. The summed E-state index contributed by atoms with van der Waals surface area (Å²) in [5.74, 6) is 2.56. The van der Waals surface area contributed by atoms with Crippen LogP contribution in [0.25, 0.3) is 0 Å². The van der Waals surface area contributed by atoms with Gasteiger partial charge < -0.3 is 19.7 Å². The van der Waals surface area contributed by atoms with Crippen molar-refractivity contribution in [2.24, 2.45) is 11.8 Å². The molecule has 0 spiro atoms. The minimum Gasteiger partial charge on any atom is -0.491 e. The molecule has 0 atom stereocenters. The molecular formula is C38H44O4. The fraction of sp³-hybridized carbons (Fsp3) is 0.368. The van der Waals surface area contributed by atoms with Crippen molar-refractivity contribution in [1.82, 2.24) is 0 Å². The zero-order valence-corrected chi connectivity index (χ0v) is 25.4. The molecule has 0 aliphatic heterocycles. The van der Waals surface area contributed by atoms with Gasteiger partial charge in [0.2, 0.25) is 0 Å². The highest BCUT2D eigenvalue weighted by atomic mass is 16.5. The molecule has 4 heteroatoms. The molecule has 2 N–H and O–H groups in total. The first-order valence-corrected chi connectivity index (χ1v) is 15.3. The maximum absolute atomic E-state index is 9.48. The van der Waals surface area contributed by atoms with Crippen LogP contribution in [-0.4, -0.2) is 36.6 Å². The Hall–Kier alpha value is -3.60. The van der Waals surface area contributed by atoms with Crippen molar-refractivity contribution in [1.29, 1.82) is 0 Å². The van der Waals surface area contributed by atoms with Gasteiger partial charge in [-0.25, -0.2) is 0 Å². The second-order valence-electron chi connectivity index (χ2n) is 12.2. The second kappa shape index (κ2) is 13.1. The Morgan fingerprint density at radius 1 is 0.619 bits per heavy atom. The lowest BCUT2D eigenvalue weighted by molar-refractivity contribution is 0.200. The van der Waals surface area contributed by atoms with Gasteiger partial charge in [0.15, 0.2) is 0 Å². The highest BCUT2D eigenvalue weighted by Gasteiger charge is 2.44. The summed E-state index contributed by atoms with van der Waals surface area (Å²) in [4.78, 5) is 0. The summed E-state index contributed by atoms with van der Waals surface area (Å²) in [6.45, 7) is 9.43. The van der Waals surface area contributed by atoms with Crippen LogP contribution in [0.4, 0.5) is 0 Å². The number of ether oxygens (including phenoxy) is 2. The Balaban J connectivity index is 1.84. The van der Waals surface area contributed by atoms with Gasteiger partial charge in [0.25, 0.3) is 0 Å². The second-order valence-corrected chi connectivity index (χ2v) is 12.2. The van der Waals surface area contributed by atoms with Gasteiger partial charge in [-0.15, -0.1) is 0 Å². The highest BCUT2D eigenvalue weighted by Crippen LogP contribution is 2.52. The molecule has 0 unspecified atom stereocenters. The smallest absolute Gasteiger partial charge is 0.122 e. The van der Waals surface area contributed by atoms with Crippen molar-refractivity contribution >= 4 is 0 Å². The molecule has 0 heterocycles. The summed E-state index contributed by atoms with van der Waals surface area (Å²) in [7, 11) is 0. The van der Waals surface area contributed by atoms with Crippen LogP contribution in [0.3, 0.4) is 0 Å². The number of aliphatic hydroxyl groups excluding tert-OH is 2. The summed E-state index contributed by atoms with van der Waals surface area (Å²) in [6, 6.07) is 31.0. The maximum atomic E-state index is 9.48. The molecule has 4 aromatic carbocycles. The number of hydrogen-bond donors (Lipinski definition) is 2. The highest BCUT2D eigenvalue weighted by molar-refractivity contribution is 5.68. The Kier molecular flexibility index (Phi) is 9.35. The fourth-order valence-electron chi connectivity index (χ4n) is 6.64. The van der Waals surface area contributed by atoms with E-state index in [-0.39, 0.29) is 26.4 Å². The van der Waals surface area contributed by atoms with E-state index in [0.717, 1.165) is 41.9 Å². The molecular weight excluding hydrogens is 520 g/mol. The molecule has 1 aliphatic rings. The first-order chi connectivity index (χ1) is 20.4. The summed E-state index contributed by atoms with van der Waals surface area (Å²) in [5, 5.41) is 19.0. The van der Waals surface area contributed by atoms with Gasteiger partial charge in [0.05, 0.1) is 18.6 Å². The van der Waals surface area contributed by atoms with E-state index in [0.29, 0.717) is 11.8 Å². The molecule has 0 aromatic heterocycles. The van der Waals surface area contributed by atoms with Gasteiger partial charge in [-0.05, 0) is 87.7 Å². The molecule has 0 saturated carbocycles. The summed E-state index contributed by atoms with van der Waals surface area (Å²) in [6.07, 6.45) is 2.64. The van der Waals surface area contributed by atoms with Crippen LogP contribution in [0.1, 0.15) is 72.2 Å². The number of aliphatic hydroxyl groups is 2. The van der Waals surface area contributed by atoms with Crippen LogP contribution in [-0.2, 0) is 24.7 Å². The first-order valence-electron chi connectivity index (χ1n) is 15.3.